The molecule has 1 fully saturated rings. The van der Waals surface area contributed by atoms with Gasteiger partial charge in [0.25, 0.3) is 5.69 Å². The van der Waals surface area contributed by atoms with E-state index in [4.69, 9.17) is 0 Å². The molecule has 2 heterocycles. The summed E-state index contributed by atoms with van der Waals surface area (Å²) >= 11 is 0. The number of piperidine rings is 1. The average molecular weight is 370 g/mol. The molecule has 27 heavy (non-hydrogen) atoms. The molecule has 7 heteroatoms. The van der Waals surface area contributed by atoms with Crippen molar-refractivity contribution in [1.29, 1.82) is 0 Å². The Kier molecular flexibility index (Phi) is 5.88. The number of amides is 1. The van der Waals surface area contributed by atoms with Gasteiger partial charge in [0, 0.05) is 36.7 Å². The molecule has 1 aliphatic heterocycles. The summed E-state index contributed by atoms with van der Waals surface area (Å²) in [5.74, 6) is 0.903. The van der Waals surface area contributed by atoms with E-state index >= 15 is 0 Å². The van der Waals surface area contributed by atoms with E-state index in [0.717, 1.165) is 48.9 Å². The highest BCUT2D eigenvalue weighted by atomic mass is 16.6. The van der Waals surface area contributed by atoms with E-state index in [1.807, 2.05) is 19.1 Å². The summed E-state index contributed by atoms with van der Waals surface area (Å²) in [6.07, 6.45) is 3.87. The molecule has 0 bridgehead atoms. The number of carbonyl (C=O) groups excluding carboxylic acids is 1. The van der Waals surface area contributed by atoms with Gasteiger partial charge < -0.3 is 10.2 Å². The van der Waals surface area contributed by atoms with Crippen molar-refractivity contribution in [3.8, 4) is 0 Å². The number of hydrogen-bond acceptors (Lipinski definition) is 5. The zero-order chi connectivity index (χ0) is 19.4. The highest BCUT2D eigenvalue weighted by Crippen LogP contribution is 2.26. The average Bonchev–Trinajstić information content (AvgIpc) is 2.67. The van der Waals surface area contributed by atoms with E-state index < -0.39 is 4.92 Å². The van der Waals surface area contributed by atoms with Gasteiger partial charge in [0.05, 0.1) is 16.4 Å². The first-order valence-electron chi connectivity index (χ1n) is 9.58. The number of anilines is 1. The van der Waals surface area contributed by atoms with E-state index in [0.29, 0.717) is 6.54 Å². The lowest BCUT2D eigenvalue weighted by Crippen LogP contribution is -2.45. The lowest BCUT2D eigenvalue weighted by Gasteiger charge is -2.33. The first kappa shape index (κ1) is 19.1. The van der Waals surface area contributed by atoms with Crippen LogP contribution in [0.15, 0.2) is 30.3 Å². The molecule has 0 spiro atoms. The van der Waals surface area contributed by atoms with Gasteiger partial charge in [0.1, 0.15) is 5.82 Å². The number of pyridine rings is 1. The van der Waals surface area contributed by atoms with Gasteiger partial charge in [-0.3, -0.25) is 14.9 Å². The highest BCUT2D eigenvalue weighted by Gasteiger charge is 2.27. The Hall–Kier alpha value is -2.70. The third kappa shape index (κ3) is 4.53. The van der Waals surface area contributed by atoms with Gasteiger partial charge in [-0.2, -0.15) is 0 Å². The van der Waals surface area contributed by atoms with Crippen molar-refractivity contribution < 1.29 is 9.72 Å². The molecule has 0 saturated carbocycles. The number of nitrogens with one attached hydrogen (secondary N) is 1. The van der Waals surface area contributed by atoms with Gasteiger partial charge in [0.2, 0.25) is 5.91 Å². The predicted molar refractivity (Wildman–Crippen MR) is 106 cm³/mol. The molecule has 1 saturated heterocycles. The van der Waals surface area contributed by atoms with Gasteiger partial charge in [-0.1, -0.05) is 13.3 Å². The maximum Gasteiger partial charge on any atom is 0.270 e. The van der Waals surface area contributed by atoms with Crippen molar-refractivity contribution in [3.05, 3.63) is 40.4 Å². The Morgan fingerprint density at radius 3 is 2.96 bits per heavy atom. The predicted octanol–water partition coefficient (Wildman–Crippen LogP) is 3.66. The Morgan fingerprint density at radius 2 is 2.22 bits per heavy atom. The number of aromatic nitrogens is 1. The van der Waals surface area contributed by atoms with Crippen LogP contribution in [-0.2, 0) is 4.79 Å². The van der Waals surface area contributed by atoms with Gasteiger partial charge in [0.15, 0.2) is 0 Å². The third-order valence-electron chi connectivity index (χ3n) is 5.10. The van der Waals surface area contributed by atoms with Crippen LogP contribution in [0.3, 0.4) is 0 Å². The van der Waals surface area contributed by atoms with Crippen molar-refractivity contribution in [2.75, 3.05) is 18.0 Å². The smallest absolute Gasteiger partial charge is 0.270 e. The van der Waals surface area contributed by atoms with Crippen LogP contribution in [0.2, 0.25) is 0 Å². The summed E-state index contributed by atoms with van der Waals surface area (Å²) in [6.45, 7) is 5.67. The molecule has 2 atom stereocenters. The molecule has 1 amide bonds. The van der Waals surface area contributed by atoms with E-state index in [9.17, 15) is 14.9 Å². The first-order valence-corrected chi connectivity index (χ1v) is 9.58. The number of non-ortho nitro benzene ring substituents is 1. The topological polar surface area (TPSA) is 88.4 Å². The molecule has 1 N–H and O–H groups in total. The molecular formula is C20H26N4O3. The number of hydrogen-bond donors (Lipinski definition) is 1. The molecule has 0 aliphatic carbocycles. The van der Waals surface area contributed by atoms with Crippen LogP contribution in [0.1, 0.15) is 39.5 Å². The standard InChI is InChI=1S/C20H26N4O3/c1-3-5-14(2)21-20(25)16-6-4-11-23(13-16)19-10-7-15-12-17(24(26)27)8-9-18(15)22-19/h7-10,12,14,16H,3-6,11,13H2,1-2H3,(H,21,25). The van der Waals surface area contributed by atoms with Crippen LogP contribution in [0.4, 0.5) is 11.5 Å². The second-order valence-corrected chi connectivity index (χ2v) is 7.29. The van der Waals surface area contributed by atoms with Crippen molar-refractivity contribution in [1.82, 2.24) is 10.3 Å². The summed E-state index contributed by atoms with van der Waals surface area (Å²) < 4.78 is 0. The molecule has 1 aromatic heterocycles. The number of rotatable bonds is 6. The monoisotopic (exact) mass is 370 g/mol. The van der Waals surface area contributed by atoms with Gasteiger partial charge in [-0.15, -0.1) is 0 Å². The van der Waals surface area contributed by atoms with Crippen LogP contribution in [0, 0.1) is 16.0 Å². The number of nitro groups is 1. The van der Waals surface area contributed by atoms with Crippen molar-refractivity contribution in [2.24, 2.45) is 5.92 Å². The normalized spacial score (nSPS) is 18.3. The molecule has 2 unspecified atom stereocenters. The van der Waals surface area contributed by atoms with Gasteiger partial charge in [-0.25, -0.2) is 4.98 Å². The summed E-state index contributed by atoms with van der Waals surface area (Å²) in [5.41, 5.74) is 0.786. The molecular weight excluding hydrogens is 344 g/mol. The number of benzene rings is 1. The highest BCUT2D eigenvalue weighted by molar-refractivity contribution is 5.83. The second-order valence-electron chi connectivity index (χ2n) is 7.29. The van der Waals surface area contributed by atoms with Gasteiger partial charge in [-0.05, 0) is 44.4 Å². The number of carbonyl (C=O) groups is 1. The van der Waals surface area contributed by atoms with Crippen molar-refractivity contribution in [3.63, 3.8) is 0 Å². The minimum absolute atomic E-state index is 0.0348. The fourth-order valence-corrected chi connectivity index (χ4v) is 3.66. The fourth-order valence-electron chi connectivity index (χ4n) is 3.66. The summed E-state index contributed by atoms with van der Waals surface area (Å²) in [6, 6.07) is 8.63. The Bertz CT molecular complexity index is 839. The molecule has 0 radical (unpaired) electrons. The van der Waals surface area contributed by atoms with E-state index in [1.165, 1.54) is 12.1 Å². The first-order chi connectivity index (χ1) is 13.0. The quantitative estimate of drug-likeness (QED) is 0.619. The third-order valence-corrected chi connectivity index (χ3v) is 5.10. The maximum absolute atomic E-state index is 12.6. The Balaban J connectivity index is 1.72. The fraction of sp³-hybridized carbons (Fsp3) is 0.500. The molecule has 2 aromatic rings. The van der Waals surface area contributed by atoms with Gasteiger partial charge >= 0.3 is 0 Å². The number of nitro benzene ring substituents is 1. The minimum atomic E-state index is -0.402. The second kappa shape index (κ2) is 8.33. The van der Waals surface area contributed by atoms with Crippen LogP contribution in [-0.4, -0.2) is 34.9 Å². The summed E-state index contributed by atoms with van der Waals surface area (Å²) in [7, 11) is 0. The number of nitrogens with zero attached hydrogens (tertiary/aromatic N) is 3. The molecule has 7 nitrogen and oxygen atoms in total. The van der Waals surface area contributed by atoms with Crippen LogP contribution in [0.25, 0.3) is 10.9 Å². The largest absolute Gasteiger partial charge is 0.356 e. The number of fused-ring (bicyclic) bond motifs is 1. The van der Waals surface area contributed by atoms with E-state index in [-0.39, 0.29) is 23.6 Å². The maximum atomic E-state index is 12.6. The van der Waals surface area contributed by atoms with Crippen LogP contribution < -0.4 is 10.2 Å². The SMILES string of the molecule is CCCC(C)NC(=O)C1CCCN(c2ccc3cc([N+](=O)[O-])ccc3n2)C1. The van der Waals surface area contributed by atoms with Crippen molar-refractivity contribution in [2.45, 2.75) is 45.6 Å². The minimum Gasteiger partial charge on any atom is -0.356 e. The lowest BCUT2D eigenvalue weighted by atomic mass is 9.96. The van der Waals surface area contributed by atoms with E-state index in [2.05, 4.69) is 22.1 Å². The lowest BCUT2D eigenvalue weighted by molar-refractivity contribution is -0.384. The molecule has 144 valence electrons. The molecule has 1 aliphatic rings. The summed E-state index contributed by atoms with van der Waals surface area (Å²) in [5, 5.41) is 14.8. The van der Waals surface area contributed by atoms with Crippen LogP contribution >= 0.6 is 0 Å². The Morgan fingerprint density at radius 1 is 1.41 bits per heavy atom. The molecule has 3 rings (SSSR count). The van der Waals surface area contributed by atoms with Crippen molar-refractivity contribution >= 4 is 28.3 Å². The summed E-state index contributed by atoms with van der Waals surface area (Å²) in [4.78, 5) is 29.9. The zero-order valence-electron chi connectivity index (χ0n) is 15.9. The van der Waals surface area contributed by atoms with Crippen LogP contribution in [0.5, 0.6) is 0 Å². The molecule has 1 aromatic carbocycles. The van der Waals surface area contributed by atoms with E-state index in [1.54, 1.807) is 6.07 Å². The Labute approximate surface area is 158 Å². The zero-order valence-corrected chi connectivity index (χ0v) is 15.9.